The molecule has 0 fully saturated rings. The van der Waals surface area contributed by atoms with Crippen LogP contribution in [0.3, 0.4) is 0 Å². The van der Waals surface area contributed by atoms with E-state index >= 15 is 0 Å². The lowest BCUT2D eigenvalue weighted by Crippen LogP contribution is -2.15. The van der Waals surface area contributed by atoms with Crippen LogP contribution in [0.25, 0.3) is 0 Å². The summed E-state index contributed by atoms with van der Waals surface area (Å²) in [4.78, 5) is 0. The van der Waals surface area contributed by atoms with Gasteiger partial charge in [-0.15, -0.1) is 0 Å². The van der Waals surface area contributed by atoms with Crippen LogP contribution in [0.1, 0.15) is 0 Å². The Kier molecular flexibility index (Phi) is 2.20. The van der Waals surface area contributed by atoms with E-state index in [2.05, 4.69) is 10.6 Å². The van der Waals surface area contributed by atoms with Crippen LogP contribution in [-0.2, 0) is 0 Å². The molecule has 2 heteroatoms. The molecule has 2 N–H and O–H groups in total. The Labute approximate surface area is 49.3 Å². The standard InChI is InChI=1S/C6H10N2/c1-3-7-5-2-6-8-4-1/h1-3,5,7-8H,4,6H2/b3-1-,5-2?. The fourth-order valence-corrected chi connectivity index (χ4v) is 0.559. The van der Waals surface area contributed by atoms with Gasteiger partial charge in [-0.1, -0.05) is 12.2 Å². The van der Waals surface area contributed by atoms with Gasteiger partial charge in [0.2, 0.25) is 0 Å². The van der Waals surface area contributed by atoms with Crippen LogP contribution >= 0.6 is 0 Å². The third kappa shape index (κ3) is 1.80. The van der Waals surface area contributed by atoms with Crippen molar-refractivity contribution in [3.63, 3.8) is 0 Å². The third-order valence-electron chi connectivity index (χ3n) is 0.953. The summed E-state index contributed by atoms with van der Waals surface area (Å²) in [6, 6.07) is 0. The first-order valence-corrected chi connectivity index (χ1v) is 2.77. The molecule has 0 saturated heterocycles. The van der Waals surface area contributed by atoms with Gasteiger partial charge in [0.25, 0.3) is 0 Å². The summed E-state index contributed by atoms with van der Waals surface area (Å²) in [6.07, 6.45) is 7.93. The highest BCUT2D eigenvalue weighted by molar-refractivity contribution is 4.93. The summed E-state index contributed by atoms with van der Waals surface area (Å²) < 4.78 is 0. The molecule has 1 aliphatic heterocycles. The molecule has 8 heavy (non-hydrogen) atoms. The molecular weight excluding hydrogens is 100 g/mol. The first-order valence-electron chi connectivity index (χ1n) is 2.77. The Morgan fingerprint density at radius 1 is 1.00 bits per heavy atom. The van der Waals surface area contributed by atoms with Gasteiger partial charge in [0.05, 0.1) is 0 Å². The van der Waals surface area contributed by atoms with Crippen LogP contribution in [0.5, 0.6) is 0 Å². The SMILES string of the molecule is C1=CN/C=C\CNC1. The van der Waals surface area contributed by atoms with E-state index in [9.17, 15) is 0 Å². The van der Waals surface area contributed by atoms with Crippen LogP contribution in [0, 0.1) is 0 Å². The highest BCUT2D eigenvalue weighted by atomic mass is 14.9. The minimum atomic E-state index is 0.956. The van der Waals surface area contributed by atoms with Gasteiger partial charge in [-0.2, -0.15) is 0 Å². The molecule has 2 nitrogen and oxygen atoms in total. The van der Waals surface area contributed by atoms with Gasteiger partial charge in [-0.3, -0.25) is 0 Å². The largest absolute Gasteiger partial charge is 0.368 e. The Balaban J connectivity index is 2.31. The molecule has 0 amide bonds. The van der Waals surface area contributed by atoms with E-state index in [1.165, 1.54) is 0 Å². The predicted octanol–water partition coefficient (Wildman–Crippen LogP) is 0.207. The average Bonchev–Trinajstić information content (AvgIpc) is 1.62. The lowest BCUT2D eigenvalue weighted by Gasteiger charge is -1.98. The second-order valence-electron chi connectivity index (χ2n) is 1.63. The molecule has 1 heterocycles. The van der Waals surface area contributed by atoms with E-state index < -0.39 is 0 Å². The molecular formula is C6H10N2. The monoisotopic (exact) mass is 110 g/mol. The summed E-state index contributed by atoms with van der Waals surface area (Å²) >= 11 is 0. The summed E-state index contributed by atoms with van der Waals surface area (Å²) in [5.74, 6) is 0. The Hall–Kier alpha value is -0.760. The second kappa shape index (κ2) is 3.27. The lowest BCUT2D eigenvalue weighted by atomic mass is 10.5. The minimum absolute atomic E-state index is 0.956. The van der Waals surface area contributed by atoms with Crippen molar-refractivity contribution >= 4 is 0 Å². The molecule has 0 saturated carbocycles. The quantitative estimate of drug-likeness (QED) is 0.465. The number of hydrogen-bond donors (Lipinski definition) is 2. The van der Waals surface area contributed by atoms with E-state index in [0.29, 0.717) is 0 Å². The van der Waals surface area contributed by atoms with Crippen LogP contribution in [0.2, 0.25) is 0 Å². The van der Waals surface area contributed by atoms with Crippen molar-refractivity contribution in [2.75, 3.05) is 13.1 Å². The van der Waals surface area contributed by atoms with Gasteiger partial charge in [0.15, 0.2) is 0 Å². The van der Waals surface area contributed by atoms with Crippen LogP contribution in [0.15, 0.2) is 24.6 Å². The van der Waals surface area contributed by atoms with Gasteiger partial charge in [0, 0.05) is 13.1 Å². The van der Waals surface area contributed by atoms with Gasteiger partial charge in [-0.25, -0.2) is 0 Å². The zero-order valence-corrected chi connectivity index (χ0v) is 4.72. The Morgan fingerprint density at radius 3 is 2.25 bits per heavy atom. The average molecular weight is 110 g/mol. The molecule has 44 valence electrons. The molecule has 1 rings (SSSR count). The molecule has 0 aliphatic carbocycles. The minimum Gasteiger partial charge on any atom is -0.368 e. The molecule has 0 aromatic heterocycles. The molecule has 0 aromatic rings. The van der Waals surface area contributed by atoms with E-state index in [4.69, 9.17) is 0 Å². The summed E-state index contributed by atoms with van der Waals surface area (Å²) in [5.41, 5.74) is 0. The van der Waals surface area contributed by atoms with Crippen molar-refractivity contribution < 1.29 is 0 Å². The normalized spacial score (nSPS) is 23.0. The number of hydrogen-bond acceptors (Lipinski definition) is 2. The molecule has 1 aliphatic rings. The lowest BCUT2D eigenvalue weighted by molar-refractivity contribution is 0.828. The number of rotatable bonds is 0. The summed E-state index contributed by atoms with van der Waals surface area (Å²) in [5, 5.41) is 6.16. The van der Waals surface area contributed by atoms with Gasteiger partial charge in [0.1, 0.15) is 0 Å². The van der Waals surface area contributed by atoms with Gasteiger partial charge < -0.3 is 10.6 Å². The molecule has 0 aromatic carbocycles. The van der Waals surface area contributed by atoms with Crippen LogP contribution in [0.4, 0.5) is 0 Å². The molecule has 0 bridgehead atoms. The van der Waals surface area contributed by atoms with E-state index in [0.717, 1.165) is 13.1 Å². The van der Waals surface area contributed by atoms with Crippen LogP contribution in [-0.4, -0.2) is 13.1 Å². The van der Waals surface area contributed by atoms with Crippen molar-refractivity contribution in [1.29, 1.82) is 0 Å². The second-order valence-corrected chi connectivity index (χ2v) is 1.63. The van der Waals surface area contributed by atoms with Gasteiger partial charge >= 0.3 is 0 Å². The van der Waals surface area contributed by atoms with Crippen molar-refractivity contribution in [2.45, 2.75) is 0 Å². The first kappa shape index (κ1) is 5.38. The maximum atomic E-state index is 3.17. The molecule has 0 atom stereocenters. The van der Waals surface area contributed by atoms with E-state index in [-0.39, 0.29) is 0 Å². The van der Waals surface area contributed by atoms with Crippen molar-refractivity contribution in [1.82, 2.24) is 10.6 Å². The predicted molar refractivity (Wildman–Crippen MR) is 34.3 cm³/mol. The summed E-state index contributed by atoms with van der Waals surface area (Å²) in [6.45, 7) is 1.91. The number of nitrogens with one attached hydrogen (secondary N) is 2. The Bertz CT molecular complexity index is 93.1. The van der Waals surface area contributed by atoms with Crippen molar-refractivity contribution in [3.8, 4) is 0 Å². The fraction of sp³-hybridized carbons (Fsp3) is 0.333. The van der Waals surface area contributed by atoms with Crippen molar-refractivity contribution in [2.24, 2.45) is 0 Å². The maximum absolute atomic E-state index is 3.17. The van der Waals surface area contributed by atoms with Crippen LogP contribution < -0.4 is 10.6 Å². The summed E-state index contributed by atoms with van der Waals surface area (Å²) in [7, 11) is 0. The Morgan fingerprint density at radius 2 is 1.62 bits per heavy atom. The molecule has 0 unspecified atom stereocenters. The van der Waals surface area contributed by atoms with Gasteiger partial charge in [-0.05, 0) is 12.4 Å². The first-order chi connectivity index (χ1) is 4.00. The fourth-order valence-electron chi connectivity index (χ4n) is 0.559. The smallest absolute Gasteiger partial charge is 0.0155 e. The highest BCUT2D eigenvalue weighted by Gasteiger charge is 1.78. The van der Waals surface area contributed by atoms with E-state index in [1.54, 1.807) is 0 Å². The highest BCUT2D eigenvalue weighted by Crippen LogP contribution is 1.73. The molecule has 0 spiro atoms. The maximum Gasteiger partial charge on any atom is 0.0155 e. The van der Waals surface area contributed by atoms with E-state index in [1.807, 2.05) is 24.6 Å². The van der Waals surface area contributed by atoms with Crippen molar-refractivity contribution in [3.05, 3.63) is 24.6 Å². The topological polar surface area (TPSA) is 24.1 Å². The molecule has 0 radical (unpaired) electrons. The zero-order chi connectivity index (χ0) is 5.66. The third-order valence-corrected chi connectivity index (χ3v) is 0.953. The zero-order valence-electron chi connectivity index (χ0n) is 4.72.